The third-order valence-electron chi connectivity index (χ3n) is 18.6. The van der Waals surface area contributed by atoms with Crippen molar-refractivity contribution in [1.82, 2.24) is 5.32 Å². The van der Waals surface area contributed by atoms with Crippen LogP contribution in [0.5, 0.6) is 0 Å². The predicted octanol–water partition coefficient (Wildman–Crippen LogP) is 26.2. The minimum atomic E-state index is -4.62. The van der Waals surface area contributed by atoms with E-state index in [1.165, 1.54) is 327 Å². The number of aliphatic hydroxyl groups excluding tert-OH is 1. The van der Waals surface area contributed by atoms with Crippen molar-refractivity contribution in [2.24, 2.45) is 0 Å². The average molecular weight is 1320 g/mol. The number of amides is 1. The summed E-state index contributed by atoms with van der Waals surface area (Å²) in [4.78, 5) is 25.7. The van der Waals surface area contributed by atoms with Crippen molar-refractivity contribution >= 4 is 13.7 Å². The molecule has 0 spiro atoms. The molecule has 0 saturated carbocycles. The molecule has 3 atom stereocenters. The summed E-state index contributed by atoms with van der Waals surface area (Å²) in [5, 5.41) is 14.0. The van der Waals surface area contributed by atoms with Crippen molar-refractivity contribution in [1.29, 1.82) is 0 Å². The fraction of sp³-hybridized carbons (Fsp3) is 0.845. The zero-order valence-electron chi connectivity index (χ0n) is 62.7. The zero-order valence-corrected chi connectivity index (χ0v) is 63.6. The van der Waals surface area contributed by atoms with Gasteiger partial charge in [-0.05, 0) is 83.5 Å². The summed E-state index contributed by atoms with van der Waals surface area (Å²) >= 11 is 0. The summed E-state index contributed by atoms with van der Waals surface area (Å²) in [5.74, 6) is -0.204. The van der Waals surface area contributed by atoms with Crippen LogP contribution in [-0.2, 0) is 18.4 Å². The molecule has 0 aromatic rings. The van der Waals surface area contributed by atoms with Gasteiger partial charge >= 0.3 is 0 Å². The van der Waals surface area contributed by atoms with Crippen LogP contribution >= 0.6 is 7.82 Å². The maximum absolute atomic E-state index is 13.1. The van der Waals surface area contributed by atoms with Gasteiger partial charge in [-0.3, -0.25) is 9.36 Å². The van der Waals surface area contributed by atoms with Crippen LogP contribution in [0.1, 0.15) is 406 Å². The summed E-state index contributed by atoms with van der Waals surface area (Å²) in [6, 6.07) is -0.913. The highest BCUT2D eigenvalue weighted by Gasteiger charge is 2.23. The van der Waals surface area contributed by atoms with E-state index in [4.69, 9.17) is 9.05 Å². The minimum absolute atomic E-state index is 0.00876. The van der Waals surface area contributed by atoms with Crippen LogP contribution in [0.4, 0.5) is 0 Å². The van der Waals surface area contributed by atoms with Gasteiger partial charge in [-0.25, -0.2) is 0 Å². The van der Waals surface area contributed by atoms with Crippen LogP contribution in [-0.4, -0.2) is 68.5 Å². The maximum Gasteiger partial charge on any atom is 0.268 e. The molecule has 0 radical (unpaired) electrons. The van der Waals surface area contributed by atoms with Gasteiger partial charge in [0, 0.05) is 6.42 Å². The monoisotopic (exact) mass is 1320 g/mol. The van der Waals surface area contributed by atoms with Crippen molar-refractivity contribution in [2.75, 3.05) is 40.9 Å². The number of likely N-dealkylation sites (N-methyl/N-ethyl adjacent to an activating group) is 1. The van der Waals surface area contributed by atoms with Gasteiger partial charge in [-0.2, -0.15) is 0 Å². The van der Waals surface area contributed by atoms with Crippen molar-refractivity contribution < 1.29 is 32.9 Å². The molecule has 0 bridgehead atoms. The lowest BCUT2D eigenvalue weighted by Gasteiger charge is -2.29. The Morgan fingerprint density at radius 1 is 0.376 bits per heavy atom. The topological polar surface area (TPSA) is 108 Å². The van der Waals surface area contributed by atoms with Crippen LogP contribution in [0.15, 0.2) is 72.9 Å². The molecule has 93 heavy (non-hydrogen) atoms. The highest BCUT2D eigenvalue weighted by Crippen LogP contribution is 2.38. The number of phosphoric acid groups is 1. The predicted molar refractivity (Wildman–Crippen MR) is 408 cm³/mol. The van der Waals surface area contributed by atoms with Crippen LogP contribution in [0.3, 0.4) is 0 Å². The Labute approximate surface area is 580 Å². The van der Waals surface area contributed by atoms with Crippen molar-refractivity contribution in [3.05, 3.63) is 72.9 Å². The van der Waals surface area contributed by atoms with Crippen LogP contribution in [0.25, 0.3) is 0 Å². The van der Waals surface area contributed by atoms with Crippen LogP contribution in [0, 0.1) is 0 Å². The Morgan fingerprint density at radius 2 is 0.634 bits per heavy atom. The minimum Gasteiger partial charge on any atom is -0.756 e. The van der Waals surface area contributed by atoms with Gasteiger partial charge in [0.15, 0.2) is 0 Å². The number of rotatable bonds is 76. The third-order valence-corrected chi connectivity index (χ3v) is 19.6. The second-order valence-corrected chi connectivity index (χ2v) is 30.5. The number of allylic oxidation sites excluding steroid dienone is 11. The molecular weight excluding hydrogens is 1160 g/mol. The third kappa shape index (κ3) is 77.2. The maximum atomic E-state index is 13.1. The van der Waals surface area contributed by atoms with Gasteiger partial charge in [-0.15, -0.1) is 0 Å². The molecule has 9 heteroatoms. The fourth-order valence-corrected chi connectivity index (χ4v) is 13.0. The van der Waals surface area contributed by atoms with Gasteiger partial charge in [0.2, 0.25) is 5.91 Å². The van der Waals surface area contributed by atoms with E-state index in [-0.39, 0.29) is 12.5 Å². The number of aliphatic hydroxyl groups is 1. The van der Waals surface area contributed by atoms with E-state index in [0.29, 0.717) is 17.4 Å². The molecule has 1 amide bonds. The number of nitrogens with one attached hydrogen (secondary N) is 1. The Kier molecular flexibility index (Phi) is 72.5. The molecule has 0 heterocycles. The van der Waals surface area contributed by atoms with Crippen LogP contribution in [0.2, 0.25) is 0 Å². The number of phosphoric ester groups is 1. The van der Waals surface area contributed by atoms with E-state index in [1.807, 2.05) is 27.2 Å². The first-order valence-corrected chi connectivity index (χ1v) is 42.3. The Hall–Kier alpha value is -2.06. The fourth-order valence-electron chi connectivity index (χ4n) is 12.3. The van der Waals surface area contributed by atoms with Gasteiger partial charge in [0.05, 0.1) is 39.9 Å². The molecule has 0 saturated heterocycles. The SMILES string of the molecule is CCCCCCC/C=C\C/C=C\C/C=C\CCCCCCCCCCCCCCCCCCCCCCCCCCCCC(=O)NC(COP(=O)([O-])OCC[N+](C)(C)C)C(O)/C=C/CC/C=C/CC/C=C/CCCCCCCCCCCCCCCCCCCCCC. The molecule has 546 valence electrons. The molecule has 0 aliphatic heterocycles. The van der Waals surface area contributed by atoms with Gasteiger partial charge in [0.1, 0.15) is 13.2 Å². The summed E-state index contributed by atoms with van der Waals surface area (Å²) < 4.78 is 23.5. The Morgan fingerprint density at radius 3 is 0.946 bits per heavy atom. The number of nitrogens with zero attached hydrogens (tertiary/aromatic N) is 1. The standard InChI is InChI=1S/C84H159N2O6P/c1-6-8-10-12-14-16-18-20-22-24-26-28-30-32-34-36-38-39-40-41-42-43-44-45-46-47-48-50-52-54-56-58-60-62-64-66-68-70-72-74-76-78-84(88)85-82(81-92-93(89,90)91-80-79-86(3,4)5)83(87)77-75-73-71-69-67-65-63-61-59-57-55-53-51-49-37-35-33-31-29-27-25-23-21-19-17-15-13-11-9-7-2/h18,20,24,26,30,32,59,61,67,69,75,77,82-83,87H,6-17,19,21-23,25,27-29,31,33-58,60,62-66,68,70-74,76,78-81H2,1-5H3,(H-,85,88,89,90)/b20-18-,26-24-,32-30-,61-59+,69-67+,77-75+. The van der Waals surface area contributed by atoms with Crippen molar-refractivity contribution in [3.8, 4) is 0 Å². The van der Waals surface area contributed by atoms with E-state index in [9.17, 15) is 19.4 Å². The largest absolute Gasteiger partial charge is 0.756 e. The molecule has 0 aromatic carbocycles. The molecule has 8 nitrogen and oxygen atoms in total. The van der Waals surface area contributed by atoms with E-state index < -0.39 is 26.6 Å². The first-order chi connectivity index (χ1) is 45.5. The molecule has 0 fully saturated rings. The summed E-state index contributed by atoms with van der Waals surface area (Å²) in [6.07, 6.45) is 105. The summed E-state index contributed by atoms with van der Waals surface area (Å²) in [7, 11) is 1.25. The van der Waals surface area contributed by atoms with Crippen molar-refractivity contribution in [3.63, 3.8) is 0 Å². The van der Waals surface area contributed by atoms with Gasteiger partial charge in [0.25, 0.3) is 7.82 Å². The van der Waals surface area contributed by atoms with E-state index in [2.05, 4.69) is 79.9 Å². The van der Waals surface area contributed by atoms with Crippen LogP contribution < -0.4 is 10.2 Å². The molecule has 0 aliphatic carbocycles. The van der Waals surface area contributed by atoms with E-state index in [0.717, 1.165) is 57.8 Å². The molecule has 0 rings (SSSR count). The number of hydrogen-bond acceptors (Lipinski definition) is 6. The van der Waals surface area contributed by atoms with E-state index in [1.54, 1.807) is 6.08 Å². The number of carbonyl (C=O) groups is 1. The number of quaternary nitrogens is 1. The number of unbranched alkanes of at least 4 members (excludes halogenated alkanes) is 53. The molecule has 0 aliphatic rings. The first kappa shape index (κ1) is 90.9. The molecule has 2 N–H and O–H groups in total. The normalized spacial score (nSPS) is 13.8. The second-order valence-electron chi connectivity index (χ2n) is 29.1. The van der Waals surface area contributed by atoms with Gasteiger partial charge < -0.3 is 28.8 Å². The first-order valence-electron chi connectivity index (χ1n) is 40.8. The van der Waals surface area contributed by atoms with E-state index >= 15 is 0 Å². The number of hydrogen-bond donors (Lipinski definition) is 2. The van der Waals surface area contributed by atoms with Gasteiger partial charge in [-0.1, -0.05) is 389 Å². The quantitative estimate of drug-likeness (QED) is 0.0272. The molecule has 0 aromatic heterocycles. The smallest absolute Gasteiger partial charge is 0.268 e. The summed E-state index contributed by atoms with van der Waals surface area (Å²) in [6.45, 7) is 4.66. The Balaban J connectivity index is 3.97. The molecular formula is C84H159N2O6P. The lowest BCUT2D eigenvalue weighted by molar-refractivity contribution is -0.870. The second kappa shape index (κ2) is 74.2. The summed E-state index contributed by atoms with van der Waals surface area (Å²) in [5.41, 5.74) is 0. The Bertz CT molecular complexity index is 1750. The average Bonchev–Trinajstić information content (AvgIpc) is 2.75. The zero-order chi connectivity index (χ0) is 67.6. The lowest BCUT2D eigenvalue weighted by Crippen LogP contribution is -2.45. The lowest BCUT2D eigenvalue weighted by atomic mass is 10.0. The number of carbonyl (C=O) groups excluding carboxylic acids is 1. The molecule has 3 unspecified atom stereocenters. The highest BCUT2D eigenvalue weighted by atomic mass is 31.2. The highest BCUT2D eigenvalue weighted by molar-refractivity contribution is 7.45. The van der Waals surface area contributed by atoms with Crippen molar-refractivity contribution in [2.45, 2.75) is 418 Å².